The van der Waals surface area contributed by atoms with E-state index in [1.165, 1.54) is 0 Å². The average molecular weight is 292 g/mol. The van der Waals surface area contributed by atoms with E-state index >= 15 is 0 Å². The Balaban J connectivity index is 1.61. The quantitative estimate of drug-likeness (QED) is 0.683. The van der Waals surface area contributed by atoms with Crippen molar-refractivity contribution in [1.29, 1.82) is 0 Å². The van der Waals surface area contributed by atoms with E-state index in [-0.39, 0.29) is 17.6 Å². The second-order valence-electron chi connectivity index (χ2n) is 5.77. The monoisotopic (exact) mass is 292 g/mol. The van der Waals surface area contributed by atoms with Crippen molar-refractivity contribution in [3.05, 3.63) is 0 Å². The maximum Gasteiger partial charge on any atom is 0.220 e. The number of morpholine rings is 1. The topological polar surface area (TPSA) is 66.3 Å². The van der Waals surface area contributed by atoms with E-state index < -0.39 is 0 Å². The van der Waals surface area contributed by atoms with Crippen LogP contribution in [0.1, 0.15) is 32.6 Å². The molecule has 0 aromatic heterocycles. The first-order valence-corrected chi connectivity index (χ1v) is 7.60. The summed E-state index contributed by atoms with van der Waals surface area (Å²) in [6.45, 7) is 6.34. The van der Waals surface area contributed by atoms with Gasteiger partial charge in [0.25, 0.3) is 0 Å². The minimum absolute atomic E-state index is 0.0631. The zero-order valence-corrected chi connectivity index (χ0v) is 12.7. The molecule has 1 saturated heterocycles. The first-order valence-electron chi connectivity index (χ1n) is 7.60. The van der Waals surface area contributed by atoms with E-state index in [2.05, 4.69) is 26.4 Å². The van der Waals surface area contributed by atoms with Gasteiger partial charge in [-0.05, 0) is 6.92 Å². The van der Waals surface area contributed by atoms with Crippen molar-refractivity contribution in [2.24, 2.45) is 10.2 Å². The van der Waals surface area contributed by atoms with E-state index in [0.717, 1.165) is 39.3 Å². The number of nitrogens with zero attached hydrogens (tertiary/aromatic N) is 3. The Morgan fingerprint density at radius 1 is 1.43 bits per heavy atom. The van der Waals surface area contributed by atoms with Gasteiger partial charge in [0.15, 0.2) is 5.66 Å². The average Bonchev–Trinajstić information content (AvgIpc) is 3.24. The van der Waals surface area contributed by atoms with Crippen molar-refractivity contribution in [3.63, 3.8) is 0 Å². The smallest absolute Gasteiger partial charge is 0.220 e. The van der Waals surface area contributed by atoms with Crippen LogP contribution in [-0.2, 0) is 9.53 Å². The highest BCUT2D eigenvalue weighted by Gasteiger charge is 2.39. The molecule has 2 heterocycles. The van der Waals surface area contributed by atoms with Crippen LogP contribution in [0.3, 0.4) is 0 Å². The van der Waals surface area contributed by atoms with Crippen LogP contribution in [-0.4, -0.2) is 55.4 Å². The molecule has 1 N–H and O–H groups in total. The van der Waals surface area contributed by atoms with Crippen molar-refractivity contribution >= 4 is 5.91 Å². The normalized spacial score (nSPS) is 21.5. The van der Waals surface area contributed by atoms with Crippen LogP contribution < -0.4 is 5.32 Å². The van der Waals surface area contributed by atoms with Crippen LogP contribution in [0.5, 0.6) is 0 Å². The van der Waals surface area contributed by atoms with Gasteiger partial charge in [0, 0.05) is 51.4 Å². The van der Waals surface area contributed by atoms with Crippen LogP contribution in [0.2, 0.25) is 0 Å². The fourth-order valence-electron chi connectivity index (χ4n) is 2.55. The highest BCUT2D eigenvalue weighted by molar-refractivity contribution is 5.76. The number of hydrogen-bond donors (Lipinski definition) is 1. The van der Waals surface area contributed by atoms with E-state index in [0.29, 0.717) is 19.3 Å². The van der Waals surface area contributed by atoms with Gasteiger partial charge in [0.1, 0.15) is 0 Å². The highest BCUT2D eigenvalue weighted by Crippen LogP contribution is 2.37. The predicted molar refractivity (Wildman–Crippen MR) is 79.8 cm³/mol. The van der Waals surface area contributed by atoms with Crippen molar-refractivity contribution in [2.45, 2.75) is 44.3 Å². The second kappa shape index (κ2) is 7.53. The highest BCUT2D eigenvalue weighted by atomic mass is 16.5. The second-order valence-corrected chi connectivity index (χ2v) is 5.77. The largest absolute Gasteiger partial charge is 0.379 e. The zero-order chi connectivity index (χ0) is 15.1. The molecule has 1 fully saturated rings. The third kappa shape index (κ3) is 5.44. The van der Waals surface area contributed by atoms with Crippen LogP contribution in [0.15, 0.2) is 10.2 Å². The number of hydrogen-bond acceptors (Lipinski definition) is 5. The Labute approximate surface area is 126 Å². The Hall–Kier alpha value is -1.45. The zero-order valence-electron chi connectivity index (χ0n) is 12.7. The molecule has 6 nitrogen and oxygen atoms in total. The lowest BCUT2D eigenvalue weighted by atomic mass is 10.0. The van der Waals surface area contributed by atoms with Gasteiger partial charge in [-0.1, -0.05) is 0 Å². The molecule has 1 unspecified atom stereocenters. The first-order chi connectivity index (χ1) is 10.1. The van der Waals surface area contributed by atoms with Crippen LogP contribution in [0, 0.1) is 12.3 Å². The SMILES string of the molecule is C#CCCC1(CCC(=O)NC(C)CN2CCOCC2)N=N1. The van der Waals surface area contributed by atoms with Gasteiger partial charge < -0.3 is 10.1 Å². The third-order valence-electron chi connectivity index (χ3n) is 3.85. The van der Waals surface area contributed by atoms with Crippen LogP contribution in [0.25, 0.3) is 0 Å². The molecule has 6 heteroatoms. The first kappa shape index (κ1) is 15.9. The molecule has 0 saturated carbocycles. The molecule has 2 aliphatic heterocycles. The summed E-state index contributed by atoms with van der Waals surface area (Å²) >= 11 is 0. The van der Waals surface area contributed by atoms with Gasteiger partial charge in [0.05, 0.1) is 13.2 Å². The summed E-state index contributed by atoms with van der Waals surface area (Å²) in [5.74, 6) is 2.66. The minimum atomic E-state index is -0.364. The van der Waals surface area contributed by atoms with E-state index in [1.54, 1.807) is 0 Å². The summed E-state index contributed by atoms with van der Waals surface area (Å²) in [4.78, 5) is 14.3. The van der Waals surface area contributed by atoms with Crippen molar-refractivity contribution in [1.82, 2.24) is 10.2 Å². The van der Waals surface area contributed by atoms with E-state index in [4.69, 9.17) is 11.2 Å². The molecule has 0 aromatic rings. The fraction of sp³-hybridized carbons (Fsp3) is 0.800. The van der Waals surface area contributed by atoms with E-state index in [1.807, 2.05) is 6.92 Å². The Morgan fingerprint density at radius 3 is 2.76 bits per heavy atom. The number of ether oxygens (including phenoxy) is 1. The maximum absolute atomic E-state index is 12.0. The molecular formula is C15H24N4O2. The number of terminal acetylenes is 1. The molecule has 0 aromatic carbocycles. The predicted octanol–water partition coefficient (Wildman–Crippen LogP) is 1.18. The fourth-order valence-corrected chi connectivity index (χ4v) is 2.55. The Bertz CT molecular complexity index is 418. The lowest BCUT2D eigenvalue weighted by molar-refractivity contribution is -0.122. The van der Waals surface area contributed by atoms with Gasteiger partial charge in [-0.15, -0.1) is 12.3 Å². The molecule has 1 atom stereocenters. The summed E-state index contributed by atoms with van der Waals surface area (Å²) in [6.07, 6.45) is 7.76. The van der Waals surface area contributed by atoms with Crippen molar-refractivity contribution in [2.75, 3.05) is 32.8 Å². The number of carbonyl (C=O) groups excluding carboxylic acids is 1. The standard InChI is InChI=1S/C15H24N4O2/c1-3-4-6-15(17-18-15)7-5-14(20)16-13(2)12-19-8-10-21-11-9-19/h1,13H,4-12H2,2H3,(H,16,20). The Morgan fingerprint density at radius 2 is 2.14 bits per heavy atom. The van der Waals surface area contributed by atoms with Crippen molar-refractivity contribution < 1.29 is 9.53 Å². The number of carbonyl (C=O) groups is 1. The molecule has 0 bridgehead atoms. The Kier molecular flexibility index (Phi) is 5.71. The number of nitrogens with one attached hydrogen (secondary N) is 1. The van der Waals surface area contributed by atoms with Crippen LogP contribution in [0.4, 0.5) is 0 Å². The summed E-state index contributed by atoms with van der Waals surface area (Å²) in [7, 11) is 0. The summed E-state index contributed by atoms with van der Waals surface area (Å²) < 4.78 is 5.31. The molecule has 0 aliphatic carbocycles. The molecule has 2 rings (SSSR count). The van der Waals surface area contributed by atoms with Crippen molar-refractivity contribution in [3.8, 4) is 12.3 Å². The van der Waals surface area contributed by atoms with Gasteiger partial charge in [-0.3, -0.25) is 9.69 Å². The summed E-state index contributed by atoms with van der Waals surface area (Å²) in [5.41, 5.74) is -0.364. The van der Waals surface area contributed by atoms with Gasteiger partial charge >= 0.3 is 0 Å². The number of rotatable bonds is 8. The third-order valence-corrected chi connectivity index (χ3v) is 3.85. The molecule has 116 valence electrons. The summed E-state index contributed by atoms with van der Waals surface area (Å²) in [6, 6.07) is 0.144. The number of amides is 1. The molecule has 0 spiro atoms. The molecule has 2 aliphatic rings. The lowest BCUT2D eigenvalue weighted by Gasteiger charge is -2.29. The lowest BCUT2D eigenvalue weighted by Crippen LogP contribution is -2.46. The van der Waals surface area contributed by atoms with Gasteiger partial charge in [0.2, 0.25) is 5.91 Å². The van der Waals surface area contributed by atoms with E-state index in [9.17, 15) is 4.79 Å². The molecule has 1 amide bonds. The molecule has 21 heavy (non-hydrogen) atoms. The maximum atomic E-state index is 12.0. The summed E-state index contributed by atoms with van der Waals surface area (Å²) in [5, 5.41) is 11.1. The van der Waals surface area contributed by atoms with Gasteiger partial charge in [-0.2, -0.15) is 10.2 Å². The van der Waals surface area contributed by atoms with Gasteiger partial charge in [-0.25, -0.2) is 0 Å². The minimum Gasteiger partial charge on any atom is -0.379 e. The molecule has 0 radical (unpaired) electrons. The van der Waals surface area contributed by atoms with Crippen LogP contribution >= 0.6 is 0 Å². The molecular weight excluding hydrogens is 268 g/mol.